The van der Waals surface area contributed by atoms with Gasteiger partial charge in [-0.3, -0.25) is 0 Å². The molecule has 0 atom stereocenters. The van der Waals surface area contributed by atoms with Gasteiger partial charge in [0.25, 0.3) is 0 Å². The molecule has 0 aliphatic carbocycles. The lowest BCUT2D eigenvalue weighted by Gasteiger charge is -1.94. The standard InChI is InChI=1S/C10H14N4S2/c1-7-9(15-6-12-7)10-14-13-8(16-10)4-3-5-11-2/h6,11H,3-5H2,1-2H3. The topological polar surface area (TPSA) is 50.7 Å². The Morgan fingerprint density at radius 3 is 2.94 bits per heavy atom. The molecule has 0 saturated carbocycles. The van der Waals surface area contributed by atoms with Crippen molar-refractivity contribution < 1.29 is 0 Å². The summed E-state index contributed by atoms with van der Waals surface area (Å²) in [6.07, 6.45) is 2.10. The number of nitrogens with zero attached hydrogens (tertiary/aromatic N) is 3. The first kappa shape index (κ1) is 11.6. The Labute approximate surface area is 103 Å². The van der Waals surface area contributed by atoms with Gasteiger partial charge in [-0.15, -0.1) is 21.5 Å². The Bertz CT molecular complexity index is 449. The number of thiazole rings is 1. The molecule has 0 aliphatic heterocycles. The quantitative estimate of drug-likeness (QED) is 0.830. The van der Waals surface area contributed by atoms with Crippen LogP contribution in [0.2, 0.25) is 0 Å². The molecule has 0 aromatic carbocycles. The predicted octanol–water partition coefficient (Wildman–Crippen LogP) is 2.12. The smallest absolute Gasteiger partial charge is 0.159 e. The first-order chi connectivity index (χ1) is 7.81. The molecular weight excluding hydrogens is 240 g/mol. The minimum absolute atomic E-state index is 0.996. The fraction of sp³-hybridized carbons (Fsp3) is 0.500. The zero-order valence-electron chi connectivity index (χ0n) is 9.36. The SMILES string of the molecule is CNCCCc1nnc(-c2scnc2C)s1. The summed E-state index contributed by atoms with van der Waals surface area (Å²) in [4.78, 5) is 5.38. The third-order valence-electron chi connectivity index (χ3n) is 2.22. The molecule has 0 spiro atoms. The van der Waals surface area contributed by atoms with Crippen molar-refractivity contribution in [2.45, 2.75) is 19.8 Å². The molecule has 0 saturated heterocycles. The highest BCUT2D eigenvalue weighted by atomic mass is 32.1. The molecule has 2 aromatic heterocycles. The van der Waals surface area contributed by atoms with Crippen LogP contribution in [-0.2, 0) is 6.42 Å². The van der Waals surface area contributed by atoms with E-state index in [4.69, 9.17) is 0 Å². The van der Waals surface area contributed by atoms with Gasteiger partial charge in [0.1, 0.15) is 5.01 Å². The normalized spacial score (nSPS) is 10.9. The van der Waals surface area contributed by atoms with E-state index < -0.39 is 0 Å². The first-order valence-electron chi connectivity index (χ1n) is 5.18. The molecular formula is C10H14N4S2. The van der Waals surface area contributed by atoms with Gasteiger partial charge in [0.05, 0.1) is 16.1 Å². The molecule has 0 radical (unpaired) electrons. The number of aryl methyl sites for hydroxylation is 2. The Kier molecular flexibility index (Phi) is 3.98. The molecule has 6 heteroatoms. The Balaban J connectivity index is 2.05. The summed E-state index contributed by atoms with van der Waals surface area (Å²) in [6, 6.07) is 0. The summed E-state index contributed by atoms with van der Waals surface area (Å²) in [7, 11) is 1.96. The molecule has 16 heavy (non-hydrogen) atoms. The maximum absolute atomic E-state index is 4.23. The molecule has 0 aliphatic rings. The zero-order valence-corrected chi connectivity index (χ0v) is 11.0. The molecule has 4 nitrogen and oxygen atoms in total. The average Bonchev–Trinajstić information content (AvgIpc) is 2.87. The van der Waals surface area contributed by atoms with E-state index in [0.29, 0.717) is 0 Å². The number of hydrogen-bond donors (Lipinski definition) is 1. The lowest BCUT2D eigenvalue weighted by Crippen LogP contribution is -2.08. The van der Waals surface area contributed by atoms with E-state index in [1.54, 1.807) is 22.7 Å². The second-order valence-corrected chi connectivity index (χ2v) is 5.39. The monoisotopic (exact) mass is 254 g/mol. The summed E-state index contributed by atoms with van der Waals surface area (Å²) in [5, 5.41) is 13.7. The van der Waals surface area contributed by atoms with Gasteiger partial charge >= 0.3 is 0 Å². The van der Waals surface area contributed by atoms with Crippen LogP contribution in [0.25, 0.3) is 9.88 Å². The zero-order chi connectivity index (χ0) is 11.4. The van der Waals surface area contributed by atoms with E-state index in [1.807, 2.05) is 19.5 Å². The van der Waals surface area contributed by atoms with Crippen LogP contribution < -0.4 is 5.32 Å². The summed E-state index contributed by atoms with van der Waals surface area (Å²) >= 11 is 3.30. The van der Waals surface area contributed by atoms with Crippen molar-refractivity contribution >= 4 is 22.7 Å². The lowest BCUT2D eigenvalue weighted by atomic mass is 10.3. The summed E-state index contributed by atoms with van der Waals surface area (Å²) in [5.41, 5.74) is 2.90. The van der Waals surface area contributed by atoms with E-state index in [1.165, 1.54) is 0 Å². The predicted molar refractivity (Wildman–Crippen MR) is 68.0 cm³/mol. The largest absolute Gasteiger partial charge is 0.320 e. The Morgan fingerprint density at radius 1 is 1.38 bits per heavy atom. The maximum Gasteiger partial charge on any atom is 0.159 e. The summed E-state index contributed by atoms with van der Waals surface area (Å²) in [5.74, 6) is 0. The van der Waals surface area contributed by atoms with Gasteiger partial charge < -0.3 is 5.32 Å². The summed E-state index contributed by atoms with van der Waals surface area (Å²) in [6.45, 7) is 3.03. The second-order valence-electron chi connectivity index (χ2n) is 3.47. The van der Waals surface area contributed by atoms with E-state index >= 15 is 0 Å². The Morgan fingerprint density at radius 2 is 2.25 bits per heavy atom. The van der Waals surface area contributed by atoms with E-state index in [-0.39, 0.29) is 0 Å². The van der Waals surface area contributed by atoms with Gasteiger partial charge in [-0.05, 0) is 26.9 Å². The van der Waals surface area contributed by atoms with Crippen LogP contribution in [0.4, 0.5) is 0 Å². The molecule has 2 heterocycles. The fourth-order valence-electron chi connectivity index (χ4n) is 1.37. The van der Waals surface area contributed by atoms with Crippen molar-refractivity contribution in [2.24, 2.45) is 0 Å². The average molecular weight is 254 g/mol. The third kappa shape index (κ3) is 2.63. The molecule has 2 aromatic rings. The van der Waals surface area contributed by atoms with Crippen LogP contribution in [0.5, 0.6) is 0 Å². The summed E-state index contributed by atoms with van der Waals surface area (Å²) < 4.78 is 0. The third-order valence-corrected chi connectivity index (χ3v) is 4.29. The molecule has 2 rings (SSSR count). The molecule has 0 bridgehead atoms. The van der Waals surface area contributed by atoms with Crippen LogP contribution >= 0.6 is 22.7 Å². The van der Waals surface area contributed by atoms with E-state index in [0.717, 1.165) is 40.0 Å². The molecule has 0 amide bonds. The highest BCUT2D eigenvalue weighted by molar-refractivity contribution is 7.20. The Hall–Kier alpha value is -0.850. The van der Waals surface area contributed by atoms with Crippen molar-refractivity contribution in [2.75, 3.05) is 13.6 Å². The fourth-order valence-corrected chi connectivity index (χ4v) is 3.19. The van der Waals surface area contributed by atoms with Crippen LogP contribution in [0, 0.1) is 6.92 Å². The minimum Gasteiger partial charge on any atom is -0.320 e. The highest BCUT2D eigenvalue weighted by Crippen LogP contribution is 2.29. The molecule has 0 fully saturated rings. The van der Waals surface area contributed by atoms with Crippen molar-refractivity contribution in [3.8, 4) is 9.88 Å². The van der Waals surface area contributed by atoms with Crippen molar-refractivity contribution in [3.05, 3.63) is 16.2 Å². The van der Waals surface area contributed by atoms with Crippen LogP contribution in [0.3, 0.4) is 0 Å². The number of rotatable bonds is 5. The second kappa shape index (κ2) is 5.47. The van der Waals surface area contributed by atoms with Crippen LogP contribution in [0.1, 0.15) is 17.1 Å². The van der Waals surface area contributed by atoms with Gasteiger partial charge in [-0.2, -0.15) is 0 Å². The molecule has 0 unspecified atom stereocenters. The maximum atomic E-state index is 4.23. The van der Waals surface area contributed by atoms with Gasteiger partial charge in [-0.25, -0.2) is 4.98 Å². The molecule has 86 valence electrons. The number of hydrogen-bond acceptors (Lipinski definition) is 6. The van der Waals surface area contributed by atoms with Crippen molar-refractivity contribution in [1.29, 1.82) is 0 Å². The highest BCUT2D eigenvalue weighted by Gasteiger charge is 2.10. The van der Waals surface area contributed by atoms with Gasteiger partial charge in [0.15, 0.2) is 5.01 Å². The minimum atomic E-state index is 0.996. The van der Waals surface area contributed by atoms with Crippen molar-refractivity contribution in [1.82, 2.24) is 20.5 Å². The molecule has 1 N–H and O–H groups in total. The van der Waals surface area contributed by atoms with Crippen molar-refractivity contribution in [3.63, 3.8) is 0 Å². The van der Waals surface area contributed by atoms with Crippen LogP contribution in [0.15, 0.2) is 5.51 Å². The van der Waals surface area contributed by atoms with E-state index in [2.05, 4.69) is 20.5 Å². The van der Waals surface area contributed by atoms with Gasteiger partial charge in [-0.1, -0.05) is 11.3 Å². The lowest BCUT2D eigenvalue weighted by molar-refractivity contribution is 0.718. The van der Waals surface area contributed by atoms with Gasteiger partial charge in [0, 0.05) is 6.42 Å². The number of nitrogens with one attached hydrogen (secondary N) is 1. The van der Waals surface area contributed by atoms with Gasteiger partial charge in [0.2, 0.25) is 0 Å². The van der Waals surface area contributed by atoms with Crippen LogP contribution in [-0.4, -0.2) is 28.8 Å². The first-order valence-corrected chi connectivity index (χ1v) is 6.88. The number of aromatic nitrogens is 3. The van der Waals surface area contributed by atoms with E-state index in [9.17, 15) is 0 Å².